The van der Waals surface area contributed by atoms with E-state index in [1.807, 2.05) is 42.5 Å². The number of ketones is 1. The van der Waals surface area contributed by atoms with Gasteiger partial charge in [0.2, 0.25) is 0 Å². The van der Waals surface area contributed by atoms with E-state index in [0.29, 0.717) is 6.61 Å². The largest absolute Gasteiger partial charge is 0.493 e. The molecule has 0 aliphatic heterocycles. The van der Waals surface area contributed by atoms with Crippen molar-refractivity contribution in [3.8, 4) is 5.75 Å². The summed E-state index contributed by atoms with van der Waals surface area (Å²) in [6.07, 6.45) is 0. The number of thioether (sulfide) groups is 1. The van der Waals surface area contributed by atoms with E-state index in [0.717, 1.165) is 22.0 Å². The minimum atomic E-state index is 0.101. The second-order valence-electron chi connectivity index (χ2n) is 4.59. The molecule has 2 aromatic rings. The van der Waals surface area contributed by atoms with Crippen molar-refractivity contribution in [2.45, 2.75) is 18.7 Å². The predicted octanol–water partition coefficient (Wildman–Crippen LogP) is 4.37. The van der Waals surface area contributed by atoms with Crippen molar-refractivity contribution in [3.05, 3.63) is 59.7 Å². The number of ether oxygens (including phenoxy) is 1. The summed E-state index contributed by atoms with van der Waals surface area (Å²) in [5.74, 6) is 1.90. The fraction of sp³-hybridized carbons (Fsp3) is 0.235. The topological polar surface area (TPSA) is 26.3 Å². The van der Waals surface area contributed by atoms with Gasteiger partial charge in [-0.3, -0.25) is 4.79 Å². The highest BCUT2D eigenvalue weighted by atomic mass is 32.2. The van der Waals surface area contributed by atoms with Crippen molar-refractivity contribution in [3.63, 3.8) is 0 Å². The van der Waals surface area contributed by atoms with E-state index in [4.69, 9.17) is 4.74 Å². The summed E-state index contributed by atoms with van der Waals surface area (Å²) in [4.78, 5) is 12.3. The average molecular weight is 286 g/mol. The summed E-state index contributed by atoms with van der Waals surface area (Å²) < 4.78 is 5.70. The van der Waals surface area contributed by atoms with E-state index in [1.54, 1.807) is 18.7 Å². The summed E-state index contributed by atoms with van der Waals surface area (Å²) >= 11 is 1.73. The summed E-state index contributed by atoms with van der Waals surface area (Å²) in [6.45, 7) is 4.30. The molecular formula is C17H18O2S. The summed E-state index contributed by atoms with van der Waals surface area (Å²) in [5.41, 5.74) is 1.96. The maximum absolute atomic E-state index is 11.2. The number of hydrogen-bond donors (Lipinski definition) is 0. The van der Waals surface area contributed by atoms with Crippen LogP contribution in [0.1, 0.15) is 22.8 Å². The van der Waals surface area contributed by atoms with E-state index in [-0.39, 0.29) is 5.78 Å². The zero-order chi connectivity index (χ0) is 14.4. The number of rotatable bonds is 6. The minimum Gasteiger partial charge on any atom is -0.493 e. The normalized spacial score (nSPS) is 10.3. The molecular weight excluding hydrogens is 268 g/mol. The van der Waals surface area contributed by atoms with Crippen molar-refractivity contribution in [2.75, 3.05) is 12.4 Å². The van der Waals surface area contributed by atoms with E-state index in [9.17, 15) is 4.79 Å². The van der Waals surface area contributed by atoms with Gasteiger partial charge in [-0.2, -0.15) is 0 Å². The third kappa shape index (κ3) is 4.42. The van der Waals surface area contributed by atoms with Crippen LogP contribution in [0.3, 0.4) is 0 Å². The number of aryl methyl sites for hydroxylation is 1. The Kier molecular flexibility index (Phi) is 5.24. The van der Waals surface area contributed by atoms with Crippen molar-refractivity contribution in [1.29, 1.82) is 0 Å². The minimum absolute atomic E-state index is 0.101. The van der Waals surface area contributed by atoms with Gasteiger partial charge in [-0.05, 0) is 43.7 Å². The zero-order valence-corrected chi connectivity index (χ0v) is 12.6. The number of carbonyl (C=O) groups excluding carboxylic acids is 1. The SMILES string of the molecule is CC(=O)c1ccc(SCCOc2cccc(C)c2)cc1. The lowest BCUT2D eigenvalue weighted by atomic mass is 10.2. The smallest absolute Gasteiger partial charge is 0.159 e. The van der Waals surface area contributed by atoms with Gasteiger partial charge < -0.3 is 4.74 Å². The summed E-state index contributed by atoms with van der Waals surface area (Å²) in [5, 5.41) is 0. The monoisotopic (exact) mass is 286 g/mol. The fourth-order valence-electron chi connectivity index (χ4n) is 1.81. The van der Waals surface area contributed by atoms with Crippen LogP contribution in [0.2, 0.25) is 0 Å². The third-order valence-electron chi connectivity index (χ3n) is 2.87. The van der Waals surface area contributed by atoms with Crippen molar-refractivity contribution in [2.24, 2.45) is 0 Å². The van der Waals surface area contributed by atoms with E-state index < -0.39 is 0 Å². The predicted molar refractivity (Wildman–Crippen MR) is 83.8 cm³/mol. The Bertz CT molecular complexity index is 576. The van der Waals surface area contributed by atoms with Crippen molar-refractivity contribution >= 4 is 17.5 Å². The molecule has 0 saturated carbocycles. The summed E-state index contributed by atoms with van der Waals surface area (Å²) in [6, 6.07) is 15.8. The molecule has 0 atom stereocenters. The summed E-state index contributed by atoms with van der Waals surface area (Å²) in [7, 11) is 0. The van der Waals surface area contributed by atoms with Crippen LogP contribution in [0.25, 0.3) is 0 Å². The first-order valence-electron chi connectivity index (χ1n) is 6.58. The molecule has 0 fully saturated rings. The molecule has 0 aliphatic carbocycles. The lowest BCUT2D eigenvalue weighted by Gasteiger charge is -2.07. The second-order valence-corrected chi connectivity index (χ2v) is 5.76. The molecule has 0 N–H and O–H groups in total. The molecule has 0 heterocycles. The Morgan fingerprint density at radius 3 is 2.55 bits per heavy atom. The van der Waals surface area contributed by atoms with Crippen LogP contribution in [0.4, 0.5) is 0 Å². The molecule has 2 nitrogen and oxygen atoms in total. The van der Waals surface area contributed by atoms with E-state index in [2.05, 4.69) is 13.0 Å². The number of Topliss-reactive ketones (excluding diaryl/α,β-unsaturated/α-hetero) is 1. The van der Waals surface area contributed by atoms with Gasteiger partial charge in [0.15, 0.2) is 5.78 Å². The van der Waals surface area contributed by atoms with Gasteiger partial charge in [-0.15, -0.1) is 11.8 Å². The van der Waals surface area contributed by atoms with Crippen molar-refractivity contribution < 1.29 is 9.53 Å². The number of hydrogen-bond acceptors (Lipinski definition) is 3. The Morgan fingerprint density at radius 2 is 1.90 bits per heavy atom. The molecule has 0 radical (unpaired) electrons. The second kappa shape index (κ2) is 7.15. The first-order chi connectivity index (χ1) is 9.65. The number of benzene rings is 2. The fourth-order valence-corrected chi connectivity index (χ4v) is 2.54. The molecule has 0 unspecified atom stereocenters. The molecule has 0 bridgehead atoms. The lowest BCUT2D eigenvalue weighted by molar-refractivity contribution is 0.101. The molecule has 0 saturated heterocycles. The van der Waals surface area contributed by atoms with Crippen LogP contribution in [-0.4, -0.2) is 18.1 Å². The van der Waals surface area contributed by atoms with Crippen LogP contribution in [0, 0.1) is 6.92 Å². The van der Waals surface area contributed by atoms with Gasteiger partial charge in [-0.1, -0.05) is 24.3 Å². The van der Waals surface area contributed by atoms with E-state index >= 15 is 0 Å². The molecule has 20 heavy (non-hydrogen) atoms. The molecule has 0 spiro atoms. The molecule has 0 aromatic heterocycles. The van der Waals surface area contributed by atoms with Gasteiger partial charge in [0.1, 0.15) is 5.75 Å². The van der Waals surface area contributed by atoms with Gasteiger partial charge in [0, 0.05) is 16.2 Å². The van der Waals surface area contributed by atoms with Crippen molar-refractivity contribution in [1.82, 2.24) is 0 Å². The van der Waals surface area contributed by atoms with Crippen LogP contribution >= 0.6 is 11.8 Å². The quantitative estimate of drug-likeness (QED) is 0.448. The Hall–Kier alpha value is -1.74. The molecule has 2 rings (SSSR count). The van der Waals surface area contributed by atoms with Gasteiger partial charge in [0.05, 0.1) is 6.61 Å². The Labute approximate surface area is 124 Å². The Morgan fingerprint density at radius 1 is 1.15 bits per heavy atom. The average Bonchev–Trinajstić information content (AvgIpc) is 2.44. The van der Waals surface area contributed by atoms with Crippen LogP contribution in [-0.2, 0) is 0 Å². The molecule has 2 aromatic carbocycles. The van der Waals surface area contributed by atoms with E-state index in [1.165, 1.54) is 5.56 Å². The highest BCUT2D eigenvalue weighted by molar-refractivity contribution is 7.99. The third-order valence-corrected chi connectivity index (χ3v) is 3.85. The molecule has 104 valence electrons. The van der Waals surface area contributed by atoms with Crippen LogP contribution in [0.15, 0.2) is 53.4 Å². The van der Waals surface area contributed by atoms with Gasteiger partial charge >= 0.3 is 0 Å². The molecule has 0 aliphatic rings. The number of carbonyl (C=O) groups is 1. The maximum Gasteiger partial charge on any atom is 0.159 e. The van der Waals surface area contributed by atoms with Gasteiger partial charge in [0.25, 0.3) is 0 Å². The highest BCUT2D eigenvalue weighted by Gasteiger charge is 2.00. The van der Waals surface area contributed by atoms with Gasteiger partial charge in [-0.25, -0.2) is 0 Å². The standard InChI is InChI=1S/C17H18O2S/c1-13-4-3-5-16(12-13)19-10-11-20-17-8-6-15(7-9-17)14(2)18/h3-9,12H,10-11H2,1-2H3. The highest BCUT2D eigenvalue weighted by Crippen LogP contribution is 2.19. The molecule has 0 amide bonds. The zero-order valence-electron chi connectivity index (χ0n) is 11.8. The molecule has 3 heteroatoms. The Balaban J connectivity index is 1.77. The van der Waals surface area contributed by atoms with Crippen LogP contribution < -0.4 is 4.74 Å². The first kappa shape index (κ1) is 14.7. The first-order valence-corrected chi connectivity index (χ1v) is 7.57. The maximum atomic E-state index is 11.2. The van der Waals surface area contributed by atoms with Crippen LogP contribution in [0.5, 0.6) is 5.75 Å². The lowest BCUT2D eigenvalue weighted by Crippen LogP contribution is -2.00.